The summed E-state index contributed by atoms with van der Waals surface area (Å²) in [6.45, 7) is 0.187. The molecule has 3 N–H and O–H groups in total. The van der Waals surface area contributed by atoms with E-state index in [1.807, 2.05) is 0 Å². The Hall–Kier alpha value is -1.46. The van der Waals surface area contributed by atoms with Crippen LogP contribution in [0.4, 0.5) is 4.39 Å². The fraction of sp³-hybridized carbons (Fsp3) is 0.562. The number of hydrogen-bond acceptors (Lipinski definition) is 3. The van der Waals surface area contributed by atoms with Crippen molar-refractivity contribution in [1.29, 1.82) is 0 Å². The largest absolute Gasteiger partial charge is 0.383 e. The topological polar surface area (TPSA) is 64.3 Å². The lowest BCUT2D eigenvalue weighted by Crippen LogP contribution is -2.46. The summed E-state index contributed by atoms with van der Waals surface area (Å²) >= 11 is 0. The van der Waals surface area contributed by atoms with Crippen molar-refractivity contribution in [3.8, 4) is 0 Å². The van der Waals surface area contributed by atoms with Gasteiger partial charge in [-0.3, -0.25) is 4.79 Å². The Balaban J connectivity index is 2.12. The summed E-state index contributed by atoms with van der Waals surface area (Å²) in [7, 11) is 1.52. The van der Waals surface area contributed by atoms with E-state index in [9.17, 15) is 9.18 Å². The van der Waals surface area contributed by atoms with Crippen LogP contribution in [0.2, 0.25) is 0 Å². The van der Waals surface area contributed by atoms with Gasteiger partial charge in [-0.25, -0.2) is 4.39 Å². The summed E-state index contributed by atoms with van der Waals surface area (Å²) in [5.41, 5.74) is 6.71. The molecule has 2 atom stereocenters. The van der Waals surface area contributed by atoms with Gasteiger partial charge in [-0.05, 0) is 36.5 Å². The van der Waals surface area contributed by atoms with Crippen LogP contribution in [-0.4, -0.2) is 25.7 Å². The van der Waals surface area contributed by atoms with Gasteiger partial charge in [0, 0.05) is 7.11 Å². The minimum Gasteiger partial charge on any atom is -0.383 e. The number of nitrogens with one attached hydrogen (secondary N) is 1. The highest BCUT2D eigenvalue weighted by Gasteiger charge is 2.29. The third-order valence-electron chi connectivity index (χ3n) is 4.08. The van der Waals surface area contributed by atoms with E-state index in [0.717, 1.165) is 18.4 Å². The molecule has 0 spiro atoms. The molecule has 1 aromatic rings. The van der Waals surface area contributed by atoms with Crippen molar-refractivity contribution in [2.75, 3.05) is 13.7 Å². The fourth-order valence-corrected chi connectivity index (χ4v) is 2.95. The Kier molecular flexibility index (Phi) is 5.70. The highest BCUT2D eigenvalue weighted by Crippen LogP contribution is 2.35. The van der Waals surface area contributed by atoms with E-state index < -0.39 is 6.04 Å². The number of rotatable bonds is 6. The van der Waals surface area contributed by atoms with Crippen LogP contribution in [-0.2, 0) is 9.53 Å². The van der Waals surface area contributed by atoms with E-state index in [1.165, 1.54) is 32.1 Å². The molecule has 0 heterocycles. The number of ether oxygens (including phenoxy) is 1. The van der Waals surface area contributed by atoms with Crippen LogP contribution >= 0.6 is 0 Å². The number of carbonyl (C=O) groups is 1. The van der Waals surface area contributed by atoms with E-state index in [1.54, 1.807) is 12.1 Å². The summed E-state index contributed by atoms with van der Waals surface area (Å²) in [4.78, 5) is 12.2. The van der Waals surface area contributed by atoms with Gasteiger partial charge in [0.25, 0.3) is 0 Å². The molecule has 1 saturated carbocycles. The van der Waals surface area contributed by atoms with Gasteiger partial charge in [0.1, 0.15) is 11.9 Å². The van der Waals surface area contributed by atoms with Gasteiger partial charge in [0.2, 0.25) is 5.91 Å². The van der Waals surface area contributed by atoms with Gasteiger partial charge in [-0.2, -0.15) is 0 Å². The molecule has 4 nitrogen and oxygen atoms in total. The molecule has 0 radical (unpaired) electrons. The lowest BCUT2D eigenvalue weighted by Gasteiger charge is -2.26. The van der Waals surface area contributed by atoms with Crippen LogP contribution < -0.4 is 11.1 Å². The normalized spacial score (nSPS) is 18.4. The molecule has 1 fully saturated rings. The number of methoxy groups -OCH3 is 1. The number of benzene rings is 1. The Morgan fingerprint density at radius 1 is 1.38 bits per heavy atom. The minimum absolute atomic E-state index is 0.108. The molecule has 1 aromatic carbocycles. The Bertz CT molecular complexity index is 458. The van der Waals surface area contributed by atoms with Crippen LogP contribution in [0.5, 0.6) is 0 Å². The van der Waals surface area contributed by atoms with E-state index in [0.29, 0.717) is 5.92 Å². The molecule has 0 saturated heterocycles. The standard InChI is InChI=1S/C16H23FN2O2/c1-21-10-14(18)16(20)19-15(11-4-2-3-5-11)12-6-8-13(17)9-7-12/h6-9,11,14-15H,2-5,10,18H2,1H3,(H,19,20). The van der Waals surface area contributed by atoms with Gasteiger partial charge in [0.05, 0.1) is 12.6 Å². The molecule has 2 unspecified atom stereocenters. The molecule has 0 aliphatic heterocycles. The molecular weight excluding hydrogens is 271 g/mol. The summed E-state index contributed by atoms with van der Waals surface area (Å²) in [6, 6.07) is 5.54. The Morgan fingerprint density at radius 3 is 2.57 bits per heavy atom. The van der Waals surface area contributed by atoms with E-state index in [-0.39, 0.29) is 24.4 Å². The molecule has 1 amide bonds. The van der Waals surface area contributed by atoms with Crippen molar-refractivity contribution in [3.05, 3.63) is 35.6 Å². The molecule has 2 rings (SSSR count). The number of nitrogens with two attached hydrogens (primary N) is 1. The molecule has 1 aliphatic rings. The monoisotopic (exact) mass is 294 g/mol. The molecule has 0 aromatic heterocycles. The van der Waals surface area contributed by atoms with Crippen molar-refractivity contribution >= 4 is 5.91 Å². The zero-order chi connectivity index (χ0) is 15.2. The number of halogens is 1. The SMILES string of the molecule is COCC(N)C(=O)NC(c1ccc(F)cc1)C1CCCC1. The van der Waals surface area contributed by atoms with Crippen molar-refractivity contribution in [2.45, 2.75) is 37.8 Å². The summed E-state index contributed by atoms with van der Waals surface area (Å²) in [5.74, 6) is -0.112. The number of hydrogen-bond donors (Lipinski definition) is 2. The van der Waals surface area contributed by atoms with E-state index in [2.05, 4.69) is 5.32 Å². The highest BCUT2D eigenvalue weighted by atomic mass is 19.1. The number of amides is 1. The summed E-state index contributed by atoms with van der Waals surface area (Å²) in [5, 5.41) is 3.01. The van der Waals surface area contributed by atoms with Crippen LogP contribution in [0.1, 0.15) is 37.3 Å². The predicted molar refractivity (Wildman–Crippen MR) is 79.1 cm³/mol. The van der Waals surface area contributed by atoms with Crippen molar-refractivity contribution in [3.63, 3.8) is 0 Å². The second kappa shape index (κ2) is 7.52. The van der Waals surface area contributed by atoms with Crippen LogP contribution in [0.15, 0.2) is 24.3 Å². The third kappa shape index (κ3) is 4.25. The Morgan fingerprint density at radius 2 is 2.00 bits per heavy atom. The van der Waals surface area contributed by atoms with Crippen LogP contribution in [0.3, 0.4) is 0 Å². The molecule has 116 valence electrons. The van der Waals surface area contributed by atoms with Crippen molar-refractivity contribution in [2.24, 2.45) is 11.7 Å². The summed E-state index contributed by atoms with van der Waals surface area (Å²) < 4.78 is 18.0. The molecule has 21 heavy (non-hydrogen) atoms. The second-order valence-electron chi connectivity index (χ2n) is 5.64. The molecular formula is C16H23FN2O2. The van der Waals surface area contributed by atoms with Crippen molar-refractivity contribution < 1.29 is 13.9 Å². The first-order valence-corrected chi connectivity index (χ1v) is 7.42. The van der Waals surface area contributed by atoms with Gasteiger partial charge >= 0.3 is 0 Å². The van der Waals surface area contributed by atoms with E-state index >= 15 is 0 Å². The lowest BCUT2D eigenvalue weighted by molar-refractivity contribution is -0.124. The smallest absolute Gasteiger partial charge is 0.239 e. The van der Waals surface area contributed by atoms with E-state index in [4.69, 9.17) is 10.5 Å². The maximum atomic E-state index is 13.1. The maximum Gasteiger partial charge on any atom is 0.239 e. The van der Waals surface area contributed by atoms with Crippen LogP contribution in [0, 0.1) is 11.7 Å². The Labute approximate surface area is 124 Å². The second-order valence-corrected chi connectivity index (χ2v) is 5.64. The van der Waals surface area contributed by atoms with Gasteiger partial charge in [0.15, 0.2) is 0 Å². The quantitative estimate of drug-likeness (QED) is 0.845. The van der Waals surface area contributed by atoms with Crippen LogP contribution in [0.25, 0.3) is 0 Å². The first kappa shape index (κ1) is 15.9. The fourth-order valence-electron chi connectivity index (χ4n) is 2.95. The average Bonchev–Trinajstić information content (AvgIpc) is 3.00. The minimum atomic E-state index is -0.681. The van der Waals surface area contributed by atoms with Crippen molar-refractivity contribution in [1.82, 2.24) is 5.32 Å². The van der Waals surface area contributed by atoms with Gasteiger partial charge in [-0.1, -0.05) is 25.0 Å². The molecule has 1 aliphatic carbocycles. The predicted octanol–water partition coefficient (Wildman–Crippen LogP) is 2.15. The third-order valence-corrected chi connectivity index (χ3v) is 4.08. The summed E-state index contributed by atoms with van der Waals surface area (Å²) in [6.07, 6.45) is 4.48. The maximum absolute atomic E-state index is 13.1. The highest BCUT2D eigenvalue weighted by molar-refractivity contribution is 5.82. The molecule has 5 heteroatoms. The first-order valence-electron chi connectivity index (χ1n) is 7.42. The number of carbonyl (C=O) groups excluding carboxylic acids is 1. The molecule has 0 bridgehead atoms. The first-order chi connectivity index (χ1) is 10.1. The lowest BCUT2D eigenvalue weighted by atomic mass is 9.91. The zero-order valence-electron chi connectivity index (χ0n) is 12.3. The van der Waals surface area contributed by atoms with Gasteiger partial charge < -0.3 is 15.8 Å². The van der Waals surface area contributed by atoms with Gasteiger partial charge in [-0.15, -0.1) is 0 Å². The zero-order valence-corrected chi connectivity index (χ0v) is 12.3. The average molecular weight is 294 g/mol.